The molecule has 0 saturated carbocycles. The second kappa shape index (κ2) is 7.51. The predicted octanol–water partition coefficient (Wildman–Crippen LogP) is 0.519. The molecule has 0 unspecified atom stereocenters. The Kier molecular flexibility index (Phi) is 5.69. The first-order valence-corrected chi connectivity index (χ1v) is 8.18. The minimum absolute atomic E-state index is 0.0275. The third-order valence-corrected chi connectivity index (χ3v) is 4.61. The molecule has 0 bridgehead atoms. The summed E-state index contributed by atoms with van der Waals surface area (Å²) in [6, 6.07) is 0. The molecular weight excluding hydrogens is 288 g/mol. The van der Waals surface area contributed by atoms with Crippen molar-refractivity contribution in [2.24, 2.45) is 11.7 Å². The van der Waals surface area contributed by atoms with E-state index in [1.165, 1.54) is 0 Å². The zero-order valence-corrected chi connectivity index (χ0v) is 13.1. The Morgan fingerprint density at radius 1 is 1.48 bits per heavy atom. The molecule has 116 valence electrons. The van der Waals surface area contributed by atoms with Crippen molar-refractivity contribution in [1.82, 2.24) is 15.2 Å². The summed E-state index contributed by atoms with van der Waals surface area (Å²) in [6.07, 6.45) is 2.47. The molecule has 0 aromatic carbocycles. The number of carbonyl (C=O) groups is 2. The van der Waals surface area contributed by atoms with E-state index in [0.717, 1.165) is 43.1 Å². The first-order valence-electron chi connectivity index (χ1n) is 7.30. The molecular formula is C14H22N4O2S. The Hall–Kier alpha value is -1.47. The third-order valence-electron chi connectivity index (χ3n) is 3.71. The van der Waals surface area contributed by atoms with Gasteiger partial charge in [0.1, 0.15) is 5.01 Å². The zero-order chi connectivity index (χ0) is 15.2. The van der Waals surface area contributed by atoms with Crippen LogP contribution in [0, 0.1) is 5.92 Å². The van der Waals surface area contributed by atoms with Crippen molar-refractivity contribution in [3.05, 3.63) is 16.1 Å². The highest BCUT2D eigenvalue weighted by atomic mass is 32.1. The molecule has 0 radical (unpaired) electrons. The maximum Gasteiger partial charge on any atom is 0.231 e. The molecule has 2 amide bonds. The van der Waals surface area contributed by atoms with E-state index in [1.54, 1.807) is 11.3 Å². The maximum absolute atomic E-state index is 12.1. The third kappa shape index (κ3) is 4.78. The van der Waals surface area contributed by atoms with E-state index in [0.29, 0.717) is 6.54 Å². The van der Waals surface area contributed by atoms with Crippen LogP contribution >= 0.6 is 11.3 Å². The van der Waals surface area contributed by atoms with E-state index in [4.69, 9.17) is 5.73 Å². The number of aromatic nitrogens is 1. The van der Waals surface area contributed by atoms with E-state index < -0.39 is 0 Å². The van der Waals surface area contributed by atoms with Crippen LogP contribution in [-0.4, -0.2) is 41.3 Å². The molecule has 0 spiro atoms. The van der Waals surface area contributed by atoms with E-state index >= 15 is 0 Å². The van der Waals surface area contributed by atoms with Crippen molar-refractivity contribution in [3.63, 3.8) is 0 Å². The summed E-state index contributed by atoms with van der Waals surface area (Å²) >= 11 is 1.58. The van der Waals surface area contributed by atoms with Crippen molar-refractivity contribution >= 4 is 23.2 Å². The molecule has 7 heteroatoms. The molecule has 1 fully saturated rings. The summed E-state index contributed by atoms with van der Waals surface area (Å²) in [4.78, 5) is 29.4. The molecule has 21 heavy (non-hydrogen) atoms. The number of nitrogens with two attached hydrogens (primary N) is 1. The molecule has 2 rings (SSSR count). The Labute approximate surface area is 128 Å². The molecule has 1 aliphatic heterocycles. The lowest BCUT2D eigenvalue weighted by Crippen LogP contribution is -2.43. The van der Waals surface area contributed by atoms with Crippen LogP contribution in [-0.2, 0) is 22.6 Å². The fourth-order valence-corrected chi connectivity index (χ4v) is 3.29. The summed E-state index contributed by atoms with van der Waals surface area (Å²) in [5, 5.41) is 5.94. The average Bonchev–Trinajstić information content (AvgIpc) is 2.93. The van der Waals surface area contributed by atoms with Gasteiger partial charge in [-0.2, -0.15) is 0 Å². The smallest absolute Gasteiger partial charge is 0.231 e. The predicted molar refractivity (Wildman–Crippen MR) is 81.7 cm³/mol. The molecule has 0 atom stereocenters. The quantitative estimate of drug-likeness (QED) is 0.802. The van der Waals surface area contributed by atoms with Gasteiger partial charge in [-0.3, -0.25) is 14.5 Å². The summed E-state index contributed by atoms with van der Waals surface area (Å²) in [5.41, 5.74) is 6.25. The van der Waals surface area contributed by atoms with Crippen LogP contribution in [0.25, 0.3) is 0 Å². The number of carbonyl (C=O) groups excluding carboxylic acids is 2. The molecule has 1 aliphatic rings. The Morgan fingerprint density at radius 3 is 2.76 bits per heavy atom. The van der Waals surface area contributed by atoms with Crippen molar-refractivity contribution in [2.75, 3.05) is 19.6 Å². The molecule has 1 aromatic heterocycles. The number of likely N-dealkylation sites (tertiary alicyclic amines) is 1. The van der Waals surface area contributed by atoms with Gasteiger partial charge in [0.05, 0.1) is 18.8 Å². The van der Waals surface area contributed by atoms with Crippen LogP contribution in [0.15, 0.2) is 5.38 Å². The number of thiazole rings is 1. The van der Waals surface area contributed by atoms with Gasteiger partial charge in [0.25, 0.3) is 0 Å². The summed E-state index contributed by atoms with van der Waals surface area (Å²) in [6.45, 7) is 4.35. The van der Waals surface area contributed by atoms with Crippen LogP contribution in [0.1, 0.15) is 30.5 Å². The summed E-state index contributed by atoms with van der Waals surface area (Å²) in [7, 11) is 0. The number of amides is 2. The fraction of sp³-hybridized carbons (Fsp3) is 0.643. The van der Waals surface area contributed by atoms with Crippen molar-refractivity contribution in [3.8, 4) is 0 Å². The van der Waals surface area contributed by atoms with Crippen LogP contribution in [0.2, 0.25) is 0 Å². The number of rotatable bonds is 6. The second-order valence-electron chi connectivity index (χ2n) is 5.32. The minimum Gasteiger partial charge on any atom is -0.369 e. The Bertz CT molecular complexity index is 495. The van der Waals surface area contributed by atoms with E-state index in [-0.39, 0.29) is 24.3 Å². The number of hydrogen-bond donors (Lipinski definition) is 2. The minimum atomic E-state index is -0.312. The fourth-order valence-electron chi connectivity index (χ4n) is 2.47. The number of piperidine rings is 1. The second-order valence-corrected chi connectivity index (χ2v) is 6.26. The summed E-state index contributed by atoms with van der Waals surface area (Å²) in [5.74, 6) is -0.199. The normalized spacial score (nSPS) is 16.8. The first kappa shape index (κ1) is 15.9. The monoisotopic (exact) mass is 310 g/mol. The standard InChI is InChI=1S/C14H22N4O2S/c1-2-11-9-21-13(17-11)7-16-14(20)10-3-5-18(6-4-10)8-12(15)19/h9-10H,2-8H2,1H3,(H2,15,19)(H,16,20). The largest absolute Gasteiger partial charge is 0.369 e. The lowest BCUT2D eigenvalue weighted by molar-refractivity contribution is -0.126. The maximum atomic E-state index is 12.1. The highest BCUT2D eigenvalue weighted by Crippen LogP contribution is 2.17. The number of primary amides is 1. The number of nitrogens with one attached hydrogen (secondary N) is 1. The van der Waals surface area contributed by atoms with Crippen molar-refractivity contribution in [2.45, 2.75) is 32.7 Å². The summed E-state index contributed by atoms with van der Waals surface area (Å²) < 4.78 is 0. The molecule has 1 saturated heterocycles. The molecule has 2 heterocycles. The SMILES string of the molecule is CCc1csc(CNC(=O)C2CCN(CC(N)=O)CC2)n1. The average molecular weight is 310 g/mol. The molecule has 6 nitrogen and oxygen atoms in total. The Morgan fingerprint density at radius 2 is 2.19 bits per heavy atom. The van der Waals surface area contributed by atoms with Gasteiger partial charge in [-0.1, -0.05) is 6.92 Å². The van der Waals surface area contributed by atoms with Gasteiger partial charge in [-0.25, -0.2) is 4.98 Å². The Balaban J connectivity index is 1.73. The van der Waals surface area contributed by atoms with E-state index in [2.05, 4.69) is 17.2 Å². The van der Waals surface area contributed by atoms with Crippen LogP contribution in [0.4, 0.5) is 0 Å². The first-order chi connectivity index (χ1) is 10.1. The number of aryl methyl sites for hydroxylation is 1. The lowest BCUT2D eigenvalue weighted by atomic mass is 9.96. The molecule has 3 N–H and O–H groups in total. The van der Waals surface area contributed by atoms with E-state index in [9.17, 15) is 9.59 Å². The topological polar surface area (TPSA) is 88.3 Å². The van der Waals surface area contributed by atoms with Gasteiger partial charge in [-0.05, 0) is 32.4 Å². The van der Waals surface area contributed by atoms with Crippen LogP contribution in [0.3, 0.4) is 0 Å². The van der Waals surface area contributed by atoms with Gasteiger partial charge >= 0.3 is 0 Å². The lowest BCUT2D eigenvalue weighted by Gasteiger charge is -2.30. The van der Waals surface area contributed by atoms with Gasteiger partial charge in [0.2, 0.25) is 11.8 Å². The van der Waals surface area contributed by atoms with Gasteiger partial charge in [-0.15, -0.1) is 11.3 Å². The van der Waals surface area contributed by atoms with Crippen molar-refractivity contribution < 1.29 is 9.59 Å². The van der Waals surface area contributed by atoms with Gasteiger partial charge in [0, 0.05) is 11.3 Å². The highest BCUT2D eigenvalue weighted by molar-refractivity contribution is 7.09. The zero-order valence-electron chi connectivity index (χ0n) is 12.3. The van der Waals surface area contributed by atoms with Crippen LogP contribution < -0.4 is 11.1 Å². The molecule has 0 aliphatic carbocycles. The number of nitrogens with zero attached hydrogens (tertiary/aromatic N) is 2. The molecule has 1 aromatic rings. The van der Waals surface area contributed by atoms with Gasteiger partial charge < -0.3 is 11.1 Å². The van der Waals surface area contributed by atoms with Crippen LogP contribution in [0.5, 0.6) is 0 Å². The van der Waals surface area contributed by atoms with Crippen molar-refractivity contribution in [1.29, 1.82) is 0 Å². The van der Waals surface area contributed by atoms with E-state index in [1.807, 2.05) is 10.3 Å². The number of hydrogen-bond acceptors (Lipinski definition) is 5. The van der Waals surface area contributed by atoms with Gasteiger partial charge in [0.15, 0.2) is 0 Å². The highest BCUT2D eigenvalue weighted by Gasteiger charge is 2.25.